The first-order valence-electron chi connectivity index (χ1n) is 11.0. The molecule has 0 saturated heterocycles. The van der Waals surface area contributed by atoms with Gasteiger partial charge in [0.25, 0.3) is 5.91 Å². The summed E-state index contributed by atoms with van der Waals surface area (Å²) in [6, 6.07) is 7.91. The predicted octanol–water partition coefficient (Wildman–Crippen LogP) is 3.27. The van der Waals surface area contributed by atoms with Crippen molar-refractivity contribution in [2.24, 2.45) is 0 Å². The molecule has 0 aliphatic rings. The van der Waals surface area contributed by atoms with Gasteiger partial charge in [-0.1, -0.05) is 25.5 Å². The van der Waals surface area contributed by atoms with Crippen LogP contribution in [0.2, 0.25) is 0 Å². The number of unbranched alkanes of at least 4 members (excludes halogenated alkanes) is 1. The first-order valence-corrected chi connectivity index (χ1v) is 12.0. The quantitative estimate of drug-likeness (QED) is 0.230. The van der Waals surface area contributed by atoms with Gasteiger partial charge in [-0.2, -0.15) is 11.3 Å². The van der Waals surface area contributed by atoms with Gasteiger partial charge in [0, 0.05) is 25.4 Å². The van der Waals surface area contributed by atoms with E-state index in [1.165, 1.54) is 29.7 Å². The zero-order chi connectivity index (χ0) is 24.5. The van der Waals surface area contributed by atoms with E-state index in [2.05, 4.69) is 17.2 Å². The summed E-state index contributed by atoms with van der Waals surface area (Å²) >= 11 is 1.53. The summed E-state index contributed by atoms with van der Waals surface area (Å²) in [5.41, 5.74) is 3.99. The van der Waals surface area contributed by atoms with Crippen molar-refractivity contribution in [3.8, 4) is 0 Å². The Hall–Kier alpha value is -3.50. The number of aromatic carboxylic acids is 1. The monoisotopic (exact) mass is 484 g/mol. The maximum atomic E-state index is 13.3. The molecule has 0 radical (unpaired) electrons. The van der Waals surface area contributed by atoms with Crippen LogP contribution in [0.1, 0.15) is 64.0 Å². The molecule has 2 heterocycles. The van der Waals surface area contributed by atoms with Crippen molar-refractivity contribution in [2.75, 3.05) is 0 Å². The largest absolute Gasteiger partial charge is 0.478 e. The Morgan fingerprint density at radius 1 is 1.15 bits per heavy atom. The van der Waals surface area contributed by atoms with Gasteiger partial charge in [0.15, 0.2) is 0 Å². The minimum Gasteiger partial charge on any atom is -0.478 e. The number of hydrogen-bond acceptors (Lipinski definition) is 6. The lowest BCUT2D eigenvalue weighted by Gasteiger charge is -2.19. The minimum absolute atomic E-state index is 0.0778. The molecule has 0 aliphatic heterocycles. The van der Waals surface area contributed by atoms with Crippen molar-refractivity contribution in [1.29, 1.82) is 0 Å². The zero-order valence-corrected chi connectivity index (χ0v) is 19.7. The normalized spacial score (nSPS) is 11.7. The Balaban J connectivity index is 1.84. The lowest BCUT2D eigenvalue weighted by atomic mass is 10.1. The van der Waals surface area contributed by atoms with Gasteiger partial charge in [-0.15, -0.1) is 0 Å². The Morgan fingerprint density at radius 3 is 2.53 bits per heavy atom. The van der Waals surface area contributed by atoms with E-state index >= 15 is 0 Å². The van der Waals surface area contributed by atoms with Gasteiger partial charge >= 0.3 is 5.97 Å². The van der Waals surface area contributed by atoms with Crippen molar-refractivity contribution >= 4 is 29.1 Å². The van der Waals surface area contributed by atoms with E-state index in [1.54, 1.807) is 17.6 Å². The molecule has 0 unspecified atom stereocenters. The number of nitrogens with zero attached hydrogens (tertiary/aromatic N) is 2. The molecule has 2 amide bonds. The van der Waals surface area contributed by atoms with Gasteiger partial charge in [-0.05, 0) is 52.9 Å². The fourth-order valence-electron chi connectivity index (χ4n) is 3.64. The lowest BCUT2D eigenvalue weighted by molar-refractivity contribution is -0.129. The van der Waals surface area contributed by atoms with Gasteiger partial charge in [-0.25, -0.2) is 15.3 Å². The molecule has 0 spiro atoms. The summed E-state index contributed by atoms with van der Waals surface area (Å²) in [5, 5.41) is 24.9. The van der Waals surface area contributed by atoms with Crippen molar-refractivity contribution in [3.05, 3.63) is 75.5 Å². The van der Waals surface area contributed by atoms with Gasteiger partial charge in [-0.3, -0.25) is 14.8 Å². The van der Waals surface area contributed by atoms with Crippen LogP contribution < -0.4 is 10.8 Å². The van der Waals surface area contributed by atoms with E-state index in [0.717, 1.165) is 29.8 Å². The third-order valence-electron chi connectivity index (χ3n) is 5.42. The summed E-state index contributed by atoms with van der Waals surface area (Å²) in [6.45, 7) is 2.43. The number of thiophene rings is 1. The lowest BCUT2D eigenvalue weighted by Crippen LogP contribution is -2.40. The predicted molar refractivity (Wildman–Crippen MR) is 127 cm³/mol. The molecular formula is C24H28N4O5S. The number of amides is 2. The highest BCUT2D eigenvalue weighted by Gasteiger charge is 2.22. The first kappa shape index (κ1) is 25.1. The molecule has 9 nitrogen and oxygen atoms in total. The number of carboxylic acid groups (broad SMARTS) is 1. The van der Waals surface area contributed by atoms with Crippen LogP contribution >= 0.6 is 11.3 Å². The van der Waals surface area contributed by atoms with Gasteiger partial charge in [0.2, 0.25) is 5.91 Å². The van der Waals surface area contributed by atoms with Gasteiger partial charge < -0.3 is 15.0 Å². The fraction of sp³-hybridized carbons (Fsp3) is 0.333. The Kier molecular flexibility index (Phi) is 8.94. The van der Waals surface area contributed by atoms with Crippen molar-refractivity contribution in [2.45, 2.75) is 51.6 Å². The number of carbonyl (C=O) groups excluding carboxylic acids is 2. The van der Waals surface area contributed by atoms with E-state index < -0.39 is 17.9 Å². The second-order valence-electron chi connectivity index (χ2n) is 8.00. The number of benzene rings is 1. The first-order chi connectivity index (χ1) is 16.4. The molecule has 3 rings (SSSR count). The number of hydrogen-bond donors (Lipinski definition) is 4. The molecule has 0 fully saturated rings. The third-order valence-corrected chi connectivity index (χ3v) is 6.15. The maximum Gasteiger partial charge on any atom is 0.335 e. The minimum atomic E-state index is -0.999. The summed E-state index contributed by atoms with van der Waals surface area (Å²) in [7, 11) is 0. The van der Waals surface area contributed by atoms with Crippen LogP contribution in [0.5, 0.6) is 0 Å². The summed E-state index contributed by atoms with van der Waals surface area (Å²) in [4.78, 5) is 40.7. The highest BCUT2D eigenvalue weighted by Crippen LogP contribution is 2.16. The van der Waals surface area contributed by atoms with E-state index in [1.807, 2.05) is 21.4 Å². The van der Waals surface area contributed by atoms with Crippen molar-refractivity contribution < 1.29 is 24.7 Å². The maximum absolute atomic E-state index is 13.3. The fourth-order valence-corrected chi connectivity index (χ4v) is 4.32. The van der Waals surface area contributed by atoms with Crippen LogP contribution in [0.15, 0.2) is 47.3 Å². The number of carbonyl (C=O) groups is 3. The molecule has 3 aromatic rings. The standard InChI is InChI=1S/C24H28N4O5S/c1-2-3-4-21-25-13-20(28(21)14-16-5-7-18(8-6-16)24(31)32)23(30)26-19(12-22(29)27-33)11-17-9-10-34-15-17/h5-10,13,15,19,33H,2-4,11-12,14H2,1H3,(H,26,30)(H,27,29)(H,31,32)/t19-/m1/s1. The summed E-state index contributed by atoms with van der Waals surface area (Å²) in [6.07, 6.45) is 4.47. The van der Waals surface area contributed by atoms with E-state index in [-0.39, 0.29) is 17.9 Å². The molecule has 2 aromatic heterocycles. The number of rotatable bonds is 12. The van der Waals surface area contributed by atoms with Crippen LogP contribution in [0.3, 0.4) is 0 Å². The number of aromatic nitrogens is 2. The Labute approximate surface area is 201 Å². The van der Waals surface area contributed by atoms with Crippen molar-refractivity contribution in [1.82, 2.24) is 20.3 Å². The van der Waals surface area contributed by atoms with E-state index in [4.69, 9.17) is 10.3 Å². The van der Waals surface area contributed by atoms with Crippen molar-refractivity contribution in [3.63, 3.8) is 0 Å². The second-order valence-corrected chi connectivity index (χ2v) is 8.78. The van der Waals surface area contributed by atoms with Crippen LogP contribution in [-0.2, 0) is 24.2 Å². The molecule has 4 N–H and O–H groups in total. The Morgan fingerprint density at radius 2 is 1.91 bits per heavy atom. The van der Waals surface area contributed by atoms with Gasteiger partial charge in [0.05, 0.1) is 11.8 Å². The number of imidazole rings is 1. The summed E-state index contributed by atoms with van der Waals surface area (Å²) in [5.74, 6) is -1.20. The summed E-state index contributed by atoms with van der Waals surface area (Å²) < 4.78 is 1.83. The highest BCUT2D eigenvalue weighted by atomic mass is 32.1. The van der Waals surface area contributed by atoms with Crippen LogP contribution in [0, 0.1) is 0 Å². The molecule has 0 bridgehead atoms. The van der Waals surface area contributed by atoms with Crippen LogP contribution in [0.4, 0.5) is 0 Å². The zero-order valence-electron chi connectivity index (χ0n) is 18.9. The number of aryl methyl sites for hydroxylation is 1. The van der Waals surface area contributed by atoms with Gasteiger partial charge in [0.1, 0.15) is 11.5 Å². The number of carboxylic acids is 1. The molecule has 1 atom stereocenters. The molecular weight excluding hydrogens is 456 g/mol. The van der Waals surface area contributed by atoms with Crippen LogP contribution in [0.25, 0.3) is 0 Å². The molecule has 1 aromatic carbocycles. The SMILES string of the molecule is CCCCc1ncc(C(=O)N[C@@H](CC(=O)NO)Cc2ccsc2)n1Cc1ccc(C(=O)O)cc1. The number of nitrogens with one attached hydrogen (secondary N) is 2. The van der Waals surface area contributed by atoms with E-state index in [9.17, 15) is 14.4 Å². The smallest absolute Gasteiger partial charge is 0.335 e. The second kappa shape index (κ2) is 12.1. The van der Waals surface area contributed by atoms with Crippen LogP contribution in [-0.4, -0.2) is 43.7 Å². The molecule has 180 valence electrons. The Bertz CT molecular complexity index is 1110. The average Bonchev–Trinajstić information content (AvgIpc) is 3.47. The molecule has 34 heavy (non-hydrogen) atoms. The molecule has 10 heteroatoms. The molecule has 0 saturated carbocycles. The topological polar surface area (TPSA) is 134 Å². The van der Waals surface area contributed by atoms with E-state index in [0.29, 0.717) is 25.1 Å². The number of hydroxylamine groups is 1. The third kappa shape index (κ3) is 6.75. The highest BCUT2D eigenvalue weighted by molar-refractivity contribution is 7.07. The average molecular weight is 485 g/mol. The molecule has 0 aliphatic carbocycles.